The molecule has 0 aromatic heterocycles. The van der Waals surface area contributed by atoms with Crippen molar-refractivity contribution in [2.45, 2.75) is 186 Å². The molecule has 1 fully saturated rings. The Morgan fingerprint density at radius 2 is 1.03 bits per heavy atom. The van der Waals surface area contributed by atoms with Gasteiger partial charge in [0.15, 0.2) is 0 Å². The van der Waals surface area contributed by atoms with E-state index in [4.69, 9.17) is 4.74 Å². The van der Waals surface area contributed by atoms with Gasteiger partial charge >= 0.3 is 5.97 Å². The van der Waals surface area contributed by atoms with Gasteiger partial charge in [0.05, 0.1) is 17.7 Å². The molecule has 25 nitrogen and oxygen atoms in total. The largest absolute Gasteiger partial charge is 0.467 e. The fourth-order valence-corrected chi connectivity index (χ4v) is 11.4. The van der Waals surface area contributed by atoms with Crippen LogP contribution < -0.4 is 53.2 Å². The zero-order valence-electron chi connectivity index (χ0n) is 53.5. The highest BCUT2D eigenvalue weighted by atomic mass is 33.1. The van der Waals surface area contributed by atoms with Gasteiger partial charge in [0, 0.05) is 58.2 Å². The molecule has 10 amide bonds. The van der Waals surface area contributed by atoms with Crippen molar-refractivity contribution >= 4 is 98.0 Å². The Bertz CT molecular complexity index is 3330. The Morgan fingerprint density at radius 3 is 1.55 bits per heavy atom. The quantitative estimate of drug-likeness (QED) is 0.0122. The molecule has 0 saturated carbocycles. The molecule has 10 N–H and O–H groups in total. The highest BCUT2D eigenvalue weighted by molar-refractivity contribution is 8.77. The van der Waals surface area contributed by atoms with Crippen LogP contribution in [0.2, 0.25) is 0 Å². The minimum absolute atomic E-state index is 0.139. The van der Waals surface area contributed by atoms with Crippen molar-refractivity contribution in [3.05, 3.63) is 105 Å². The number of nitrogens with one attached hydrogen (secondary N) is 10. The third kappa shape index (κ3) is 24.1. The molecule has 4 rings (SSSR count). The fourth-order valence-electron chi connectivity index (χ4n) is 8.41. The van der Waals surface area contributed by atoms with Gasteiger partial charge in [-0.05, 0) is 151 Å². The predicted molar refractivity (Wildman–Crippen MR) is 346 cm³/mol. The number of nitro groups is 1. The van der Waals surface area contributed by atoms with E-state index in [2.05, 4.69) is 76.8 Å². The maximum absolute atomic E-state index is 14.3. The molecule has 0 radical (unpaired) electrons. The second kappa shape index (κ2) is 33.8. The predicted octanol–water partition coefficient (Wildman–Crippen LogP) is 4.08. The SMILES string of the molecule is COC(=O)C(C)(C)NC(=O)[C@H](C)NC(=O)C(C)(C)NC(=O)[C@H](C)NC(=O)[C@H](CCC(=O)Nc1cc(C#Cc2ccccc2)ccc1C#Cc1ccc([N+](=O)[O-])cc1)NC(=O)C(C)(C)NC(=O)[C@H](C)NC(=O)C(C)(C)NC(=O)[C@H](C)NC(=O)CCCCC1CCSS1. The first-order valence-corrected chi connectivity index (χ1v) is 31.9. The lowest BCUT2D eigenvalue weighted by Gasteiger charge is -2.31. The van der Waals surface area contributed by atoms with Crippen LogP contribution in [0.15, 0.2) is 72.8 Å². The van der Waals surface area contributed by atoms with Gasteiger partial charge in [0.2, 0.25) is 59.1 Å². The molecule has 1 aliphatic heterocycles. The van der Waals surface area contributed by atoms with Gasteiger partial charge in [-0.1, -0.05) is 69.9 Å². The topological polar surface area (TPSA) is 360 Å². The Kier molecular flexibility index (Phi) is 27.6. The Hall–Kier alpha value is -8.95. The summed E-state index contributed by atoms with van der Waals surface area (Å²) in [6.45, 7) is 16.4. The number of hydrogen-bond acceptors (Lipinski definition) is 16. The standard InChI is InChI=1S/C64H83N11O14S2/c1-38(65-50(76)22-18-17-21-47-35-36-90-91-47)52(78)71-61(5,6)57(83)67-40(3)54(80)73-63(9,10)59(85)70-48(56(82)66-39(2)53(79)72-62(7,8)58(84)68-41(4)55(81)74-64(11,12)60(86)89-13)33-34-51(77)69-49-37-44(24-23-42-19-15-14-16-20-42)26-30-45(49)29-25-43-27-31-46(32-28-43)75(87)88/h14-16,19-20,26-28,30-32,37-41,47-48H,17-18,21-22,33-36H2,1-13H3,(H,65,76)(H,66,82)(H,67,83)(H,68,84)(H,69,77)(H,70,85)(H,71,78)(H,72,79)(H,73,80)(H,74,81)/t38-,39-,40-,41-,47?,48-/m0/s1. The molecule has 1 unspecified atom stereocenters. The van der Waals surface area contributed by atoms with Crippen molar-refractivity contribution in [3.63, 3.8) is 0 Å². The maximum atomic E-state index is 14.3. The molecule has 1 heterocycles. The molecule has 3 aromatic rings. The molecule has 0 aliphatic carbocycles. The first kappa shape index (κ1) is 74.5. The highest BCUT2D eigenvalue weighted by Gasteiger charge is 2.39. The number of amides is 10. The molecule has 1 saturated heterocycles. The number of methoxy groups -OCH3 is 1. The van der Waals surface area contributed by atoms with Crippen molar-refractivity contribution in [2.24, 2.45) is 0 Å². The first-order valence-electron chi connectivity index (χ1n) is 29.5. The summed E-state index contributed by atoms with van der Waals surface area (Å²) in [4.78, 5) is 159. The number of hydrogen-bond donors (Lipinski definition) is 10. The van der Waals surface area contributed by atoms with E-state index in [1.165, 1.54) is 107 Å². The zero-order chi connectivity index (χ0) is 68.0. The summed E-state index contributed by atoms with van der Waals surface area (Å²) in [6.07, 6.45) is 3.06. The van der Waals surface area contributed by atoms with Crippen molar-refractivity contribution < 1.29 is 62.4 Å². The summed E-state index contributed by atoms with van der Waals surface area (Å²) in [5.41, 5.74) is -4.59. The van der Waals surface area contributed by atoms with Gasteiger partial charge in [0.25, 0.3) is 5.69 Å². The number of nitro benzene ring substituents is 1. The molecular formula is C64H83N11O14S2. The third-order valence-electron chi connectivity index (χ3n) is 14.2. The van der Waals surface area contributed by atoms with Gasteiger partial charge in [0.1, 0.15) is 52.4 Å². The van der Waals surface area contributed by atoms with Crippen LogP contribution in [0.4, 0.5) is 11.4 Å². The van der Waals surface area contributed by atoms with Crippen molar-refractivity contribution in [1.82, 2.24) is 47.9 Å². The second-order valence-corrected chi connectivity index (χ2v) is 26.8. The van der Waals surface area contributed by atoms with Crippen molar-refractivity contribution in [1.29, 1.82) is 0 Å². The second-order valence-electron chi connectivity index (χ2n) is 24.0. The lowest BCUT2D eigenvalue weighted by atomic mass is 10.0. The van der Waals surface area contributed by atoms with Crippen LogP contribution in [-0.2, 0) is 57.5 Å². The van der Waals surface area contributed by atoms with E-state index >= 15 is 0 Å². The summed E-state index contributed by atoms with van der Waals surface area (Å²) < 4.78 is 4.72. The molecule has 6 atom stereocenters. The Balaban J connectivity index is 1.52. The number of benzene rings is 3. The van der Waals surface area contributed by atoms with E-state index in [1.807, 2.05) is 51.9 Å². The maximum Gasteiger partial charge on any atom is 0.330 e. The van der Waals surface area contributed by atoms with Crippen LogP contribution in [0, 0.1) is 33.8 Å². The average Bonchev–Trinajstić information content (AvgIpc) is 3.90. The minimum atomic E-state index is -1.84. The van der Waals surface area contributed by atoms with Crippen LogP contribution in [-0.4, -0.2) is 140 Å². The smallest absolute Gasteiger partial charge is 0.330 e. The summed E-state index contributed by atoms with van der Waals surface area (Å²) in [5, 5.41) is 37.6. The third-order valence-corrected chi connectivity index (χ3v) is 17.2. The van der Waals surface area contributed by atoms with Crippen LogP contribution in [0.1, 0.15) is 150 Å². The number of unbranched alkanes of at least 4 members (excludes halogenated alkanes) is 1. The summed E-state index contributed by atoms with van der Waals surface area (Å²) >= 11 is 0. The zero-order valence-corrected chi connectivity index (χ0v) is 55.2. The van der Waals surface area contributed by atoms with Gasteiger partial charge < -0.3 is 57.9 Å². The van der Waals surface area contributed by atoms with E-state index in [9.17, 15) is 62.9 Å². The van der Waals surface area contributed by atoms with Gasteiger partial charge in [-0.3, -0.25) is 58.1 Å². The number of rotatable bonds is 28. The normalized spacial score (nSPS) is 14.6. The fraction of sp³-hybridized carbons (Fsp3) is 0.484. The molecule has 91 heavy (non-hydrogen) atoms. The van der Waals surface area contributed by atoms with E-state index in [0.717, 1.165) is 32.1 Å². The van der Waals surface area contributed by atoms with E-state index in [-0.39, 0.29) is 23.7 Å². The number of nitrogens with zero attached hydrogens (tertiary/aromatic N) is 1. The number of ether oxygens (including phenoxy) is 1. The molecular weight excluding hydrogens is 1210 g/mol. The van der Waals surface area contributed by atoms with Crippen molar-refractivity contribution in [2.75, 3.05) is 18.2 Å². The molecule has 3 aromatic carbocycles. The van der Waals surface area contributed by atoms with Crippen molar-refractivity contribution in [3.8, 4) is 23.7 Å². The molecule has 0 spiro atoms. The minimum Gasteiger partial charge on any atom is -0.467 e. The molecule has 0 bridgehead atoms. The first-order chi connectivity index (χ1) is 42.5. The number of esters is 1. The van der Waals surface area contributed by atoms with Gasteiger partial charge in [-0.15, -0.1) is 0 Å². The summed E-state index contributed by atoms with van der Waals surface area (Å²) in [6, 6.07) is 13.0. The summed E-state index contributed by atoms with van der Waals surface area (Å²) in [5.74, 6) is 4.74. The lowest BCUT2D eigenvalue weighted by Crippen LogP contribution is -2.64. The summed E-state index contributed by atoms with van der Waals surface area (Å²) in [7, 11) is 4.87. The van der Waals surface area contributed by atoms with Crippen LogP contribution >= 0.6 is 21.6 Å². The lowest BCUT2D eigenvalue weighted by molar-refractivity contribution is -0.384. The van der Waals surface area contributed by atoms with Gasteiger partial charge in [-0.2, -0.15) is 0 Å². The van der Waals surface area contributed by atoms with E-state index in [0.29, 0.717) is 33.9 Å². The monoisotopic (exact) mass is 1290 g/mol. The average molecular weight is 1290 g/mol. The van der Waals surface area contributed by atoms with Crippen LogP contribution in [0.3, 0.4) is 0 Å². The highest BCUT2D eigenvalue weighted by Crippen LogP contribution is 2.40. The number of carbonyl (C=O) groups is 11. The van der Waals surface area contributed by atoms with Crippen LogP contribution in [0.25, 0.3) is 0 Å². The van der Waals surface area contributed by atoms with Crippen LogP contribution in [0.5, 0.6) is 0 Å². The Labute approximate surface area is 538 Å². The molecule has 1 aliphatic rings. The molecule has 490 valence electrons. The van der Waals surface area contributed by atoms with E-state index < -0.39 is 129 Å². The number of anilines is 1. The van der Waals surface area contributed by atoms with Gasteiger partial charge in [-0.25, -0.2) is 4.79 Å². The number of non-ortho nitro benzene ring substituents is 1. The Morgan fingerprint density at radius 1 is 0.560 bits per heavy atom. The number of carbonyl (C=O) groups excluding carboxylic acids is 11. The molecule has 27 heteroatoms. The van der Waals surface area contributed by atoms with E-state index in [1.54, 1.807) is 18.2 Å².